The number of rotatable bonds is 8. The second kappa shape index (κ2) is 16.3. The van der Waals surface area contributed by atoms with Gasteiger partial charge in [-0.15, -0.1) is 6.58 Å². The van der Waals surface area contributed by atoms with Gasteiger partial charge in [0, 0.05) is 66.9 Å². The van der Waals surface area contributed by atoms with E-state index in [9.17, 15) is 0 Å². The highest BCUT2D eigenvalue weighted by Crippen LogP contribution is 2.49. The van der Waals surface area contributed by atoms with Gasteiger partial charge in [0.05, 0.1) is 5.02 Å². The van der Waals surface area contributed by atoms with Crippen molar-refractivity contribution in [3.8, 4) is 0 Å². The maximum absolute atomic E-state index is 15.5. The van der Waals surface area contributed by atoms with Crippen molar-refractivity contribution in [2.45, 2.75) is 57.9 Å². The Morgan fingerprint density at radius 1 is 1.00 bits per heavy atom. The molecule has 2 atom stereocenters. The average molecular weight is 603 g/mol. The van der Waals surface area contributed by atoms with E-state index in [0.717, 1.165) is 41.9 Å². The van der Waals surface area contributed by atoms with Gasteiger partial charge in [-0.1, -0.05) is 87.3 Å². The third kappa shape index (κ3) is 8.31. The number of benzene rings is 3. The molecule has 0 amide bonds. The van der Waals surface area contributed by atoms with Gasteiger partial charge in [0.1, 0.15) is 5.83 Å². The van der Waals surface area contributed by atoms with Gasteiger partial charge in [-0.2, -0.15) is 0 Å². The lowest BCUT2D eigenvalue weighted by Crippen LogP contribution is -2.41. The third-order valence-corrected chi connectivity index (χ3v) is 8.70. The van der Waals surface area contributed by atoms with E-state index in [1.807, 2.05) is 76.5 Å². The minimum Gasteiger partial charge on any atom is -0.388 e. The van der Waals surface area contributed by atoms with E-state index in [0.29, 0.717) is 10.6 Å². The third-order valence-electron chi connectivity index (χ3n) is 8.39. The van der Waals surface area contributed by atoms with Crippen LogP contribution >= 0.6 is 11.6 Å². The highest BCUT2D eigenvalue weighted by atomic mass is 35.5. The Hall–Kier alpha value is -3.54. The fraction of sp³-hybridized carbons (Fsp3) is 0.351. The standard InChI is InChI=1S/C27H31ClFN3.C8H11N.C2H6/c1-4-23-22(16-32-27(23)14-5-6-15-27)21-8-7-9-24(28)26(21)25(29)17-31-20-12-10-19(11-13-20)18(2)30-3;1-7-4-3-5-8(6-7)9-2;1-2/h4,7-13,17,22-23,30-32H,1-2,5-6,14-16H2,3H3;3-6,9H,1-2H3;1-2H3/b25-17-;;. The summed E-state index contributed by atoms with van der Waals surface area (Å²) < 4.78 is 15.5. The predicted octanol–water partition coefficient (Wildman–Crippen LogP) is 9.77. The van der Waals surface area contributed by atoms with Crippen LogP contribution in [0.2, 0.25) is 5.02 Å². The van der Waals surface area contributed by atoms with E-state index in [1.165, 1.54) is 30.3 Å². The Labute approximate surface area is 263 Å². The van der Waals surface area contributed by atoms with Crippen LogP contribution in [-0.2, 0) is 0 Å². The molecule has 3 aromatic rings. The SMILES string of the molecule is C=CC1C(c2cccc(Cl)c2/C(F)=C/Nc2ccc(C(=C)NC)cc2)CNC12CCCC2.CC.CNc1cccc(C)c1. The summed E-state index contributed by atoms with van der Waals surface area (Å²) in [6.07, 6.45) is 8.19. The number of aryl methyl sites for hydroxylation is 1. The van der Waals surface area contributed by atoms with Crippen molar-refractivity contribution in [2.75, 3.05) is 31.3 Å². The Kier molecular flexibility index (Phi) is 12.9. The first-order valence-corrected chi connectivity index (χ1v) is 15.7. The van der Waals surface area contributed by atoms with Crippen LogP contribution in [0, 0.1) is 12.8 Å². The number of anilines is 2. The van der Waals surface area contributed by atoms with Crippen molar-refractivity contribution < 1.29 is 4.39 Å². The zero-order chi connectivity index (χ0) is 31.4. The molecule has 1 spiro atoms. The van der Waals surface area contributed by atoms with E-state index in [2.05, 4.69) is 59.6 Å². The molecule has 2 aliphatic rings. The molecule has 2 unspecified atom stereocenters. The van der Waals surface area contributed by atoms with Crippen molar-refractivity contribution in [3.05, 3.63) is 119 Å². The minimum atomic E-state index is -0.371. The second-order valence-corrected chi connectivity index (χ2v) is 11.3. The maximum Gasteiger partial charge on any atom is 0.148 e. The Bertz CT molecular complexity index is 1380. The molecule has 4 N–H and O–H groups in total. The van der Waals surface area contributed by atoms with Gasteiger partial charge in [0.25, 0.3) is 0 Å². The normalized spacial score (nSPS) is 18.5. The summed E-state index contributed by atoms with van der Waals surface area (Å²) in [6, 6.07) is 21.6. The molecule has 6 heteroatoms. The molecule has 3 aromatic carbocycles. The van der Waals surface area contributed by atoms with Crippen LogP contribution in [0.4, 0.5) is 15.8 Å². The molecule has 0 bridgehead atoms. The van der Waals surface area contributed by atoms with E-state index < -0.39 is 0 Å². The molecule has 2 fully saturated rings. The monoisotopic (exact) mass is 602 g/mol. The van der Waals surface area contributed by atoms with E-state index in [4.69, 9.17) is 11.6 Å². The topological polar surface area (TPSA) is 48.1 Å². The molecule has 1 aliphatic heterocycles. The van der Waals surface area contributed by atoms with E-state index in [-0.39, 0.29) is 23.2 Å². The Morgan fingerprint density at radius 3 is 2.26 bits per heavy atom. The molecular weight excluding hydrogens is 555 g/mol. The molecule has 1 saturated heterocycles. The largest absolute Gasteiger partial charge is 0.388 e. The van der Waals surface area contributed by atoms with Crippen LogP contribution in [0.1, 0.15) is 67.7 Å². The van der Waals surface area contributed by atoms with Gasteiger partial charge in [0.15, 0.2) is 0 Å². The average Bonchev–Trinajstić information content (AvgIpc) is 3.67. The Balaban J connectivity index is 0.000000390. The van der Waals surface area contributed by atoms with Gasteiger partial charge in [-0.25, -0.2) is 4.39 Å². The fourth-order valence-electron chi connectivity index (χ4n) is 6.19. The highest BCUT2D eigenvalue weighted by molar-refractivity contribution is 6.32. The van der Waals surface area contributed by atoms with Crippen LogP contribution in [0.15, 0.2) is 92.2 Å². The lowest BCUT2D eigenvalue weighted by Gasteiger charge is -2.32. The Morgan fingerprint density at radius 2 is 1.67 bits per heavy atom. The highest BCUT2D eigenvalue weighted by Gasteiger charge is 2.49. The number of nitrogens with one attached hydrogen (secondary N) is 4. The van der Waals surface area contributed by atoms with Crippen LogP contribution in [0.25, 0.3) is 11.5 Å². The molecule has 1 heterocycles. The number of halogens is 2. The van der Waals surface area contributed by atoms with Gasteiger partial charge in [-0.3, -0.25) is 0 Å². The van der Waals surface area contributed by atoms with Crippen molar-refractivity contribution in [1.82, 2.24) is 10.6 Å². The van der Waals surface area contributed by atoms with Gasteiger partial charge >= 0.3 is 0 Å². The summed E-state index contributed by atoms with van der Waals surface area (Å²) in [5.74, 6) is 0.0329. The summed E-state index contributed by atoms with van der Waals surface area (Å²) in [7, 11) is 3.76. The molecule has 1 saturated carbocycles. The van der Waals surface area contributed by atoms with Crippen LogP contribution in [0.5, 0.6) is 0 Å². The summed E-state index contributed by atoms with van der Waals surface area (Å²) in [5, 5.41) is 13.3. The number of hydrogen-bond donors (Lipinski definition) is 4. The molecule has 1 aliphatic carbocycles. The van der Waals surface area contributed by atoms with Gasteiger partial charge in [-0.05, 0) is 66.8 Å². The number of hydrogen-bond acceptors (Lipinski definition) is 4. The zero-order valence-electron chi connectivity index (χ0n) is 26.4. The minimum absolute atomic E-state index is 0.0868. The van der Waals surface area contributed by atoms with Gasteiger partial charge in [0.2, 0.25) is 0 Å². The summed E-state index contributed by atoms with van der Waals surface area (Å²) in [6.45, 7) is 15.0. The maximum atomic E-state index is 15.5. The lowest BCUT2D eigenvalue weighted by molar-refractivity contribution is 0.318. The fourth-order valence-corrected chi connectivity index (χ4v) is 6.46. The summed E-state index contributed by atoms with van der Waals surface area (Å²) in [4.78, 5) is 0. The molecule has 0 aromatic heterocycles. The van der Waals surface area contributed by atoms with Crippen LogP contribution in [-0.4, -0.2) is 26.2 Å². The zero-order valence-corrected chi connectivity index (χ0v) is 27.1. The first kappa shape index (κ1) is 34.0. The van der Waals surface area contributed by atoms with Gasteiger partial charge < -0.3 is 21.3 Å². The second-order valence-electron chi connectivity index (χ2n) is 10.9. The molecule has 5 rings (SSSR count). The van der Waals surface area contributed by atoms with Crippen molar-refractivity contribution >= 4 is 34.5 Å². The molecule has 0 radical (unpaired) electrons. The van der Waals surface area contributed by atoms with Crippen LogP contribution < -0.4 is 21.3 Å². The molecule has 4 nitrogen and oxygen atoms in total. The first-order chi connectivity index (χ1) is 20.8. The van der Waals surface area contributed by atoms with Crippen molar-refractivity contribution in [1.29, 1.82) is 0 Å². The van der Waals surface area contributed by atoms with Crippen LogP contribution in [0.3, 0.4) is 0 Å². The molecule has 43 heavy (non-hydrogen) atoms. The first-order valence-electron chi connectivity index (χ1n) is 15.3. The molecule has 230 valence electrons. The summed E-state index contributed by atoms with van der Waals surface area (Å²) in [5.41, 5.74) is 6.57. The molecular formula is C37H48ClFN4. The van der Waals surface area contributed by atoms with Crippen molar-refractivity contribution in [2.24, 2.45) is 5.92 Å². The summed E-state index contributed by atoms with van der Waals surface area (Å²) >= 11 is 6.53. The van der Waals surface area contributed by atoms with E-state index >= 15 is 4.39 Å². The van der Waals surface area contributed by atoms with Crippen molar-refractivity contribution in [3.63, 3.8) is 0 Å². The smallest absolute Gasteiger partial charge is 0.148 e. The lowest BCUT2D eigenvalue weighted by atomic mass is 9.75. The van der Waals surface area contributed by atoms with E-state index in [1.54, 1.807) is 6.07 Å². The quantitative estimate of drug-likeness (QED) is 0.194. The predicted molar refractivity (Wildman–Crippen MR) is 186 cm³/mol.